The smallest absolute Gasteiger partial charge is 0.255 e. The molecule has 2 heterocycles. The van der Waals surface area contributed by atoms with Gasteiger partial charge in [-0.25, -0.2) is 13.4 Å². The third kappa shape index (κ3) is 4.01. The van der Waals surface area contributed by atoms with E-state index in [2.05, 4.69) is 9.97 Å². The molecule has 8 heteroatoms. The number of hydrogen-bond acceptors (Lipinski definition) is 5. The first kappa shape index (κ1) is 20.3. The highest BCUT2D eigenvalue weighted by Gasteiger charge is 2.30. The van der Waals surface area contributed by atoms with Crippen molar-refractivity contribution in [3.63, 3.8) is 0 Å². The molecule has 0 aliphatic carbocycles. The van der Waals surface area contributed by atoms with E-state index in [1.54, 1.807) is 12.1 Å². The number of ether oxygens (including phenoxy) is 1. The van der Waals surface area contributed by atoms with E-state index in [-0.39, 0.29) is 23.5 Å². The summed E-state index contributed by atoms with van der Waals surface area (Å²) in [6.45, 7) is 2.31. The van der Waals surface area contributed by atoms with Crippen LogP contribution in [0.3, 0.4) is 0 Å². The highest BCUT2D eigenvalue weighted by Crippen LogP contribution is 2.24. The van der Waals surface area contributed by atoms with Gasteiger partial charge in [-0.1, -0.05) is 29.8 Å². The first-order valence-electron chi connectivity index (χ1n) is 9.67. The monoisotopic (exact) mass is 425 g/mol. The van der Waals surface area contributed by atoms with Crippen LogP contribution < -0.4 is 10.3 Å². The van der Waals surface area contributed by atoms with Gasteiger partial charge in [-0.15, -0.1) is 0 Å². The summed E-state index contributed by atoms with van der Waals surface area (Å²) in [5, 5.41) is 0. The molecule has 4 rings (SSSR count). The second kappa shape index (κ2) is 8.04. The Bertz CT molecular complexity index is 1220. The molecule has 1 aliphatic heterocycles. The number of aromatic amines is 1. The first-order chi connectivity index (χ1) is 14.4. The third-order valence-corrected chi connectivity index (χ3v) is 7.13. The van der Waals surface area contributed by atoms with Crippen LogP contribution in [0.4, 0.5) is 0 Å². The number of aryl methyl sites for hydroxylation is 1. The summed E-state index contributed by atoms with van der Waals surface area (Å²) in [5.41, 5.74) is 3.02. The summed E-state index contributed by atoms with van der Waals surface area (Å²) in [5.74, 6) is 1.17. The highest BCUT2D eigenvalue weighted by molar-refractivity contribution is 7.89. The summed E-state index contributed by atoms with van der Waals surface area (Å²) in [4.78, 5) is 20.3. The molecule has 2 aromatic carbocycles. The van der Waals surface area contributed by atoms with Crippen LogP contribution >= 0.6 is 0 Å². The number of fused-ring (bicyclic) bond motifs is 1. The molecular formula is C22H23N3O4S. The number of nitrogens with one attached hydrogen (secondary N) is 1. The second-order valence-corrected chi connectivity index (χ2v) is 9.30. The van der Waals surface area contributed by atoms with Crippen LogP contribution in [0.15, 0.2) is 58.2 Å². The lowest BCUT2D eigenvalue weighted by Crippen LogP contribution is -2.39. The maximum Gasteiger partial charge on any atom is 0.255 e. The Morgan fingerprint density at radius 2 is 1.80 bits per heavy atom. The van der Waals surface area contributed by atoms with Crippen LogP contribution in [-0.4, -0.2) is 36.3 Å². The first-order valence-corrected chi connectivity index (χ1v) is 11.1. The molecule has 3 aromatic rings. The number of H-pyrrole nitrogens is 1. The Labute approximate surface area is 175 Å². The standard InChI is InChI=1S/C22H23N3O4S/c1-15-3-5-16(6-4-15)13-21-23-20-11-12-25(14-19(20)22(26)24-21)30(27,28)18-9-7-17(29-2)8-10-18/h3-10H,11-14H2,1-2H3,(H,23,24,26). The Kier molecular flexibility index (Phi) is 5.44. The van der Waals surface area contributed by atoms with Gasteiger partial charge in [0.05, 0.1) is 23.3 Å². The van der Waals surface area contributed by atoms with Gasteiger partial charge in [0, 0.05) is 25.9 Å². The van der Waals surface area contributed by atoms with Gasteiger partial charge < -0.3 is 9.72 Å². The number of benzene rings is 2. The van der Waals surface area contributed by atoms with Crippen LogP contribution in [0.25, 0.3) is 0 Å². The number of hydrogen-bond donors (Lipinski definition) is 1. The lowest BCUT2D eigenvalue weighted by atomic mass is 10.1. The molecule has 0 saturated heterocycles. The molecule has 7 nitrogen and oxygen atoms in total. The predicted octanol–water partition coefficient (Wildman–Crippen LogP) is 2.42. The summed E-state index contributed by atoms with van der Waals surface area (Å²) >= 11 is 0. The number of aromatic nitrogens is 2. The van der Waals surface area contributed by atoms with Crippen molar-refractivity contribution in [2.24, 2.45) is 0 Å². The zero-order valence-corrected chi connectivity index (χ0v) is 17.7. The molecule has 0 saturated carbocycles. The van der Waals surface area contributed by atoms with Gasteiger partial charge in [-0.2, -0.15) is 4.31 Å². The quantitative estimate of drug-likeness (QED) is 0.678. The van der Waals surface area contributed by atoms with Crippen molar-refractivity contribution >= 4 is 10.0 Å². The minimum Gasteiger partial charge on any atom is -0.497 e. The normalized spacial score (nSPS) is 14.3. The fourth-order valence-electron chi connectivity index (χ4n) is 3.54. The van der Waals surface area contributed by atoms with Crippen LogP contribution in [0, 0.1) is 6.92 Å². The van der Waals surface area contributed by atoms with E-state index >= 15 is 0 Å². The van der Waals surface area contributed by atoms with E-state index in [4.69, 9.17) is 4.74 Å². The molecular weight excluding hydrogens is 402 g/mol. The van der Waals surface area contributed by atoms with Gasteiger partial charge in [-0.3, -0.25) is 4.79 Å². The minimum absolute atomic E-state index is 0.0108. The Morgan fingerprint density at radius 1 is 1.10 bits per heavy atom. The van der Waals surface area contributed by atoms with E-state index in [0.717, 1.165) is 5.56 Å². The van der Waals surface area contributed by atoms with Crippen molar-refractivity contribution < 1.29 is 13.2 Å². The Hall–Kier alpha value is -2.97. The molecule has 1 N–H and O–H groups in total. The third-order valence-electron chi connectivity index (χ3n) is 5.27. The SMILES string of the molecule is COc1ccc(S(=O)(=O)N2CCc3nc(Cc4ccc(C)cc4)[nH]c(=O)c3C2)cc1. The zero-order chi connectivity index (χ0) is 21.3. The van der Waals surface area contributed by atoms with Crippen molar-refractivity contribution in [1.29, 1.82) is 0 Å². The number of methoxy groups -OCH3 is 1. The molecule has 30 heavy (non-hydrogen) atoms. The largest absolute Gasteiger partial charge is 0.497 e. The molecule has 1 aliphatic rings. The van der Waals surface area contributed by atoms with Gasteiger partial charge >= 0.3 is 0 Å². The maximum atomic E-state index is 13.0. The molecule has 0 unspecified atom stereocenters. The molecule has 0 spiro atoms. The number of nitrogens with zero attached hydrogens (tertiary/aromatic N) is 2. The molecule has 156 valence electrons. The number of sulfonamides is 1. The Balaban J connectivity index is 1.57. The fourth-order valence-corrected chi connectivity index (χ4v) is 4.95. The van der Waals surface area contributed by atoms with E-state index < -0.39 is 10.0 Å². The van der Waals surface area contributed by atoms with Gasteiger partial charge in [0.1, 0.15) is 11.6 Å². The molecule has 0 radical (unpaired) electrons. The van der Waals surface area contributed by atoms with Crippen molar-refractivity contribution in [2.75, 3.05) is 13.7 Å². The Morgan fingerprint density at radius 3 is 2.47 bits per heavy atom. The fraction of sp³-hybridized carbons (Fsp3) is 0.273. The predicted molar refractivity (Wildman–Crippen MR) is 113 cm³/mol. The van der Waals surface area contributed by atoms with E-state index in [1.807, 2.05) is 31.2 Å². The molecule has 0 fully saturated rings. The van der Waals surface area contributed by atoms with Crippen LogP contribution in [0.5, 0.6) is 5.75 Å². The molecule has 1 aromatic heterocycles. The maximum absolute atomic E-state index is 13.0. The van der Waals surface area contributed by atoms with Gasteiger partial charge in [0.2, 0.25) is 10.0 Å². The summed E-state index contributed by atoms with van der Waals surface area (Å²) in [7, 11) is -2.19. The van der Waals surface area contributed by atoms with Crippen molar-refractivity contribution in [3.8, 4) is 5.75 Å². The summed E-state index contributed by atoms with van der Waals surface area (Å²) in [6, 6.07) is 14.3. The molecule has 0 atom stereocenters. The van der Waals surface area contributed by atoms with Crippen molar-refractivity contribution in [3.05, 3.63) is 87.1 Å². The average Bonchev–Trinajstić information content (AvgIpc) is 2.75. The second-order valence-electron chi connectivity index (χ2n) is 7.36. The van der Waals surface area contributed by atoms with Crippen LogP contribution in [0.2, 0.25) is 0 Å². The van der Waals surface area contributed by atoms with E-state index in [1.165, 1.54) is 29.1 Å². The van der Waals surface area contributed by atoms with E-state index in [9.17, 15) is 13.2 Å². The minimum atomic E-state index is -3.71. The summed E-state index contributed by atoms with van der Waals surface area (Å²) in [6.07, 6.45) is 0.923. The highest BCUT2D eigenvalue weighted by atomic mass is 32.2. The zero-order valence-electron chi connectivity index (χ0n) is 16.9. The van der Waals surface area contributed by atoms with E-state index in [0.29, 0.717) is 35.7 Å². The lowest BCUT2D eigenvalue weighted by Gasteiger charge is -2.27. The van der Waals surface area contributed by atoms with Crippen LogP contribution in [0.1, 0.15) is 28.2 Å². The lowest BCUT2D eigenvalue weighted by molar-refractivity contribution is 0.384. The molecule has 0 amide bonds. The molecule has 0 bridgehead atoms. The van der Waals surface area contributed by atoms with Crippen molar-refractivity contribution in [2.45, 2.75) is 31.2 Å². The van der Waals surface area contributed by atoms with Gasteiger partial charge in [-0.05, 0) is 36.8 Å². The average molecular weight is 426 g/mol. The summed E-state index contributed by atoms with van der Waals surface area (Å²) < 4.78 is 32.4. The number of rotatable bonds is 5. The van der Waals surface area contributed by atoms with Gasteiger partial charge in [0.15, 0.2) is 0 Å². The van der Waals surface area contributed by atoms with Crippen LogP contribution in [-0.2, 0) is 29.4 Å². The van der Waals surface area contributed by atoms with Gasteiger partial charge in [0.25, 0.3) is 5.56 Å². The topological polar surface area (TPSA) is 92.4 Å². The van der Waals surface area contributed by atoms with Crippen molar-refractivity contribution in [1.82, 2.24) is 14.3 Å².